The van der Waals surface area contributed by atoms with Gasteiger partial charge in [-0.05, 0) is 78.7 Å². The maximum absolute atomic E-state index is 15.3. The molecule has 2 heterocycles. The second-order valence-electron chi connectivity index (χ2n) is 12.4. The molecule has 0 bridgehead atoms. The molecule has 3 fully saturated rings. The van der Waals surface area contributed by atoms with Gasteiger partial charge in [-0.15, -0.1) is 0 Å². The predicted octanol–water partition coefficient (Wildman–Crippen LogP) is 6.67. The van der Waals surface area contributed by atoms with Gasteiger partial charge in [0.1, 0.15) is 29.3 Å². The topological polar surface area (TPSA) is 118 Å². The molecule has 0 radical (unpaired) electrons. The van der Waals surface area contributed by atoms with Crippen molar-refractivity contribution in [1.82, 2.24) is 5.32 Å². The maximum Gasteiger partial charge on any atom is 0.234 e. The van der Waals surface area contributed by atoms with Crippen LogP contribution in [0.25, 0.3) is 10.4 Å². The Hall–Kier alpha value is -4.00. The monoisotopic (exact) mass is 653 g/mol. The molecule has 4 atom stereocenters. The number of benzene rings is 3. The Balaban J connectivity index is 1.22. The van der Waals surface area contributed by atoms with E-state index >= 15 is 4.39 Å². The van der Waals surface area contributed by atoms with Crippen LogP contribution < -0.4 is 10.6 Å². The smallest absolute Gasteiger partial charge is 0.234 e. The number of morpholine rings is 1. The van der Waals surface area contributed by atoms with Crippen LogP contribution in [0.3, 0.4) is 0 Å². The van der Waals surface area contributed by atoms with E-state index in [0.29, 0.717) is 45.2 Å². The Morgan fingerprint density at radius 3 is 2.47 bits per heavy atom. The summed E-state index contributed by atoms with van der Waals surface area (Å²) >= 11 is 0. The van der Waals surface area contributed by atoms with Crippen molar-refractivity contribution in [3.05, 3.63) is 111 Å². The molecule has 3 aromatic carbocycles. The molecule has 1 amide bonds. The van der Waals surface area contributed by atoms with Gasteiger partial charge in [0.25, 0.3) is 0 Å². The lowest BCUT2D eigenvalue weighted by Gasteiger charge is -2.49. The van der Waals surface area contributed by atoms with Crippen LogP contribution in [0, 0.1) is 23.3 Å². The van der Waals surface area contributed by atoms with E-state index in [1.165, 1.54) is 30.3 Å². The first-order valence-corrected chi connectivity index (χ1v) is 15.7. The fraction of sp³-hybridized carbons (Fsp3) is 0.441. The van der Waals surface area contributed by atoms with E-state index in [-0.39, 0.29) is 34.9 Å². The molecule has 47 heavy (non-hydrogen) atoms. The number of carbonyl (C=O) groups excluding carboxylic acids is 1. The van der Waals surface area contributed by atoms with E-state index in [0.717, 1.165) is 43.5 Å². The normalized spacial score (nSPS) is 23.3. The zero-order chi connectivity index (χ0) is 33.0. The minimum absolute atomic E-state index is 0.00473. The van der Waals surface area contributed by atoms with Gasteiger partial charge < -0.3 is 24.8 Å². The molecule has 3 aromatic rings. The van der Waals surface area contributed by atoms with E-state index in [2.05, 4.69) is 20.7 Å². The van der Waals surface area contributed by atoms with Gasteiger partial charge >= 0.3 is 0 Å². The quantitative estimate of drug-likeness (QED) is 0.116. The molecule has 13 heteroatoms. The lowest BCUT2D eigenvalue weighted by molar-refractivity contribution is -0.243. The zero-order valence-electron chi connectivity index (χ0n) is 25.6. The number of ether oxygens (including phenoxy) is 3. The van der Waals surface area contributed by atoms with Gasteiger partial charge in [-0.1, -0.05) is 23.3 Å². The van der Waals surface area contributed by atoms with Crippen molar-refractivity contribution in [3.8, 4) is 0 Å². The summed E-state index contributed by atoms with van der Waals surface area (Å²) in [4.78, 5) is 16.6. The zero-order valence-corrected chi connectivity index (χ0v) is 25.6. The summed E-state index contributed by atoms with van der Waals surface area (Å²) in [6.07, 6.45) is 3.57. The van der Waals surface area contributed by atoms with E-state index in [9.17, 15) is 23.5 Å². The van der Waals surface area contributed by atoms with Crippen LogP contribution in [-0.4, -0.2) is 55.7 Å². The molecule has 0 aromatic heterocycles. The van der Waals surface area contributed by atoms with Gasteiger partial charge in [-0.2, -0.15) is 0 Å². The Morgan fingerprint density at radius 1 is 1.00 bits per heavy atom. The van der Waals surface area contributed by atoms with Gasteiger partial charge in [0.2, 0.25) is 5.91 Å². The van der Waals surface area contributed by atoms with Gasteiger partial charge in [-0.3, -0.25) is 4.79 Å². The molecule has 3 aliphatic rings. The predicted molar refractivity (Wildman–Crippen MR) is 164 cm³/mol. The number of hydrogen-bond acceptors (Lipinski definition) is 6. The van der Waals surface area contributed by atoms with Crippen LogP contribution in [0.4, 0.5) is 23.2 Å². The van der Waals surface area contributed by atoms with E-state index in [1.807, 2.05) is 0 Å². The number of amides is 1. The largest absolute Gasteiger partial charge is 0.369 e. The molecule has 1 unspecified atom stereocenters. The lowest BCUT2D eigenvalue weighted by atomic mass is 9.79. The Labute approximate surface area is 269 Å². The highest BCUT2D eigenvalue weighted by Crippen LogP contribution is 2.44. The number of nitrogens with one attached hydrogen (secondary N) is 2. The third-order valence-corrected chi connectivity index (χ3v) is 9.16. The second-order valence-corrected chi connectivity index (χ2v) is 12.4. The summed E-state index contributed by atoms with van der Waals surface area (Å²) in [6, 6.07) is 10.3. The molecule has 248 valence electrons. The average Bonchev–Trinajstić information content (AvgIpc) is 3.47. The Kier molecular flexibility index (Phi) is 9.81. The standard InChI is InChI=1S/C34H35F4N5O4/c35-23-7-5-21(6-8-23)30(22-15-24(36)17-25(37)16-22)31(42-43-39)32(44)41-29-4-1-3-28(38)27(29)10-9-26-18-40-20-33(47-26)11-2-12-34(19-33)45-13-14-46-34/h1,3-8,15-17,26,30-31,40H,2,9-14,18-20H2,(H,41,44)/t26-,30+,31+,33?/m1/s1. The number of azide groups is 1. The first-order valence-electron chi connectivity index (χ1n) is 15.7. The number of carbonyl (C=O) groups is 1. The summed E-state index contributed by atoms with van der Waals surface area (Å²) in [5.74, 6) is -5.60. The lowest BCUT2D eigenvalue weighted by Crippen LogP contribution is -2.59. The first-order chi connectivity index (χ1) is 22.7. The Morgan fingerprint density at radius 2 is 1.74 bits per heavy atom. The minimum atomic E-state index is -1.58. The van der Waals surface area contributed by atoms with Crippen molar-refractivity contribution in [2.45, 2.75) is 68.0 Å². The van der Waals surface area contributed by atoms with E-state index in [1.54, 1.807) is 0 Å². The molecule has 2 spiro atoms. The summed E-state index contributed by atoms with van der Waals surface area (Å²) in [7, 11) is 0. The number of anilines is 1. The third-order valence-electron chi connectivity index (χ3n) is 9.16. The van der Waals surface area contributed by atoms with E-state index in [4.69, 9.17) is 14.2 Å². The first kappa shape index (κ1) is 32.9. The maximum atomic E-state index is 15.3. The molecular weight excluding hydrogens is 618 g/mol. The van der Waals surface area contributed by atoms with Crippen LogP contribution in [0.1, 0.15) is 54.7 Å². The van der Waals surface area contributed by atoms with Crippen molar-refractivity contribution in [3.63, 3.8) is 0 Å². The van der Waals surface area contributed by atoms with Crippen LogP contribution in [0.2, 0.25) is 0 Å². The van der Waals surface area contributed by atoms with Gasteiger partial charge in [0.15, 0.2) is 5.79 Å². The minimum Gasteiger partial charge on any atom is -0.369 e. The Bertz CT molecular complexity index is 1620. The number of nitrogens with zero attached hydrogens (tertiary/aromatic N) is 3. The number of hydrogen-bond donors (Lipinski definition) is 2. The molecule has 2 N–H and O–H groups in total. The second kappa shape index (κ2) is 14.0. The van der Waals surface area contributed by atoms with Crippen LogP contribution in [0.5, 0.6) is 0 Å². The van der Waals surface area contributed by atoms with Gasteiger partial charge in [-0.25, -0.2) is 17.6 Å². The average molecular weight is 654 g/mol. The highest BCUT2D eigenvalue weighted by molar-refractivity contribution is 5.96. The van der Waals surface area contributed by atoms with E-state index < -0.39 is 52.5 Å². The van der Waals surface area contributed by atoms with Crippen molar-refractivity contribution in [2.24, 2.45) is 5.11 Å². The molecule has 6 rings (SSSR count). The molecule has 2 aliphatic heterocycles. The number of halogens is 4. The van der Waals surface area contributed by atoms with Crippen LogP contribution in [-0.2, 0) is 25.4 Å². The van der Waals surface area contributed by atoms with Crippen LogP contribution >= 0.6 is 0 Å². The molecule has 9 nitrogen and oxygen atoms in total. The molecule has 1 saturated carbocycles. The van der Waals surface area contributed by atoms with Crippen molar-refractivity contribution in [2.75, 3.05) is 31.6 Å². The van der Waals surface area contributed by atoms with Crippen molar-refractivity contribution >= 4 is 11.6 Å². The van der Waals surface area contributed by atoms with Crippen molar-refractivity contribution < 1.29 is 36.6 Å². The fourth-order valence-electron chi connectivity index (χ4n) is 7.15. The summed E-state index contributed by atoms with van der Waals surface area (Å²) in [6.45, 7) is 2.33. The fourth-order valence-corrected chi connectivity index (χ4v) is 7.15. The van der Waals surface area contributed by atoms with Crippen LogP contribution in [0.15, 0.2) is 65.8 Å². The summed E-state index contributed by atoms with van der Waals surface area (Å²) < 4.78 is 76.3. The number of rotatable bonds is 9. The summed E-state index contributed by atoms with van der Waals surface area (Å²) in [5.41, 5.74) is 9.60. The molecule has 2 saturated heterocycles. The van der Waals surface area contributed by atoms with Gasteiger partial charge in [0.05, 0.1) is 24.9 Å². The molecule has 1 aliphatic carbocycles. The summed E-state index contributed by atoms with van der Waals surface area (Å²) in [5, 5.41) is 9.83. The third kappa shape index (κ3) is 7.45. The highest BCUT2D eigenvalue weighted by Gasteiger charge is 2.51. The van der Waals surface area contributed by atoms with Crippen molar-refractivity contribution in [1.29, 1.82) is 0 Å². The SMILES string of the molecule is [N-]=[N+]=N[C@H](C(=O)Nc1cccc(F)c1CC[C@@H]1CNCC2(CCCC3(C2)OCCO3)O1)[C@@H](c1ccc(F)cc1)c1cc(F)cc(F)c1. The molecular formula is C34H35F4N5O4. The van der Waals surface area contributed by atoms with Gasteiger partial charge in [0, 0.05) is 54.1 Å². The highest BCUT2D eigenvalue weighted by atomic mass is 19.1.